The van der Waals surface area contributed by atoms with E-state index < -0.39 is 18.2 Å². The molecule has 0 aromatic rings. The molecular weight excluding hydrogens is 294 g/mol. The lowest BCUT2D eigenvalue weighted by Crippen LogP contribution is -2.35. The van der Waals surface area contributed by atoms with Gasteiger partial charge in [-0.25, -0.2) is 0 Å². The second-order valence-electron chi connectivity index (χ2n) is 6.37. The summed E-state index contributed by atoms with van der Waals surface area (Å²) in [5.41, 5.74) is 5.87. The maximum absolute atomic E-state index is 11.8. The van der Waals surface area contributed by atoms with E-state index in [0.29, 0.717) is 13.0 Å². The smallest absolute Gasteiger partial charge is 0.175 e. The Balaban J connectivity index is 4.17. The first-order chi connectivity index (χ1) is 10.8. The summed E-state index contributed by atoms with van der Waals surface area (Å²) in [7, 11) is 0. The first kappa shape index (κ1) is 22.2. The highest BCUT2D eigenvalue weighted by molar-refractivity contribution is 5.84. The van der Waals surface area contributed by atoms with Gasteiger partial charge in [-0.15, -0.1) is 0 Å². The number of carbonyl (C=O) groups is 1. The van der Waals surface area contributed by atoms with Gasteiger partial charge in [-0.3, -0.25) is 4.79 Å². The Hall–Kier alpha value is -0.750. The Bertz CT molecular complexity index is 344. The Morgan fingerprint density at radius 1 is 1.26 bits per heavy atom. The van der Waals surface area contributed by atoms with Gasteiger partial charge in [0.2, 0.25) is 0 Å². The van der Waals surface area contributed by atoms with Crippen molar-refractivity contribution in [3.8, 4) is 0 Å². The lowest BCUT2D eigenvalue weighted by molar-refractivity contribution is -0.125. The van der Waals surface area contributed by atoms with Crippen molar-refractivity contribution in [3.63, 3.8) is 0 Å². The number of hydrogen-bond acceptors (Lipinski definition) is 5. The van der Waals surface area contributed by atoms with Gasteiger partial charge in [0.15, 0.2) is 5.78 Å². The third-order valence-electron chi connectivity index (χ3n) is 4.13. The second-order valence-corrected chi connectivity index (χ2v) is 6.37. The van der Waals surface area contributed by atoms with E-state index >= 15 is 0 Å². The molecule has 5 atom stereocenters. The molecule has 0 spiro atoms. The zero-order valence-electron chi connectivity index (χ0n) is 15.1. The molecule has 0 radical (unpaired) electrons. The SMILES string of the molecule is CC=CC(C(O)C(C)CCC[C@H](N)C(=O)COCCC)[C@@H](C)O. The minimum absolute atomic E-state index is 0.0319. The van der Waals surface area contributed by atoms with Crippen LogP contribution in [0.5, 0.6) is 0 Å². The zero-order valence-corrected chi connectivity index (χ0v) is 15.1. The number of rotatable bonds is 13. The molecule has 23 heavy (non-hydrogen) atoms. The van der Waals surface area contributed by atoms with Gasteiger partial charge in [-0.2, -0.15) is 0 Å². The molecule has 5 nitrogen and oxygen atoms in total. The second kappa shape index (κ2) is 12.6. The topological polar surface area (TPSA) is 92.8 Å². The highest BCUT2D eigenvalue weighted by atomic mass is 16.5. The number of aliphatic hydroxyl groups excluding tert-OH is 2. The normalized spacial score (nSPS) is 18.6. The van der Waals surface area contributed by atoms with Crippen molar-refractivity contribution in [2.75, 3.05) is 13.2 Å². The van der Waals surface area contributed by atoms with Crippen LogP contribution < -0.4 is 5.73 Å². The molecule has 0 aliphatic carbocycles. The Morgan fingerprint density at radius 3 is 2.43 bits per heavy atom. The number of ketones is 1. The van der Waals surface area contributed by atoms with Gasteiger partial charge in [-0.1, -0.05) is 32.4 Å². The third-order valence-corrected chi connectivity index (χ3v) is 4.13. The van der Waals surface area contributed by atoms with Crippen molar-refractivity contribution in [2.24, 2.45) is 17.6 Å². The Kier molecular flexibility index (Phi) is 12.2. The predicted octanol–water partition coefficient (Wildman–Crippen LogP) is 2.05. The number of allylic oxidation sites excluding steroid dienone is 1. The molecule has 0 saturated carbocycles. The summed E-state index contributed by atoms with van der Waals surface area (Å²) in [6.07, 6.45) is 5.49. The largest absolute Gasteiger partial charge is 0.393 e. The monoisotopic (exact) mass is 329 g/mol. The quantitative estimate of drug-likeness (QED) is 0.355. The van der Waals surface area contributed by atoms with E-state index in [2.05, 4.69) is 0 Å². The van der Waals surface area contributed by atoms with Crippen LogP contribution in [-0.4, -0.2) is 47.5 Å². The number of aliphatic hydroxyl groups is 2. The molecule has 0 saturated heterocycles. The number of carbonyl (C=O) groups excluding carboxylic acids is 1. The summed E-state index contributed by atoms with van der Waals surface area (Å²) >= 11 is 0. The third kappa shape index (κ3) is 9.20. The molecule has 0 aromatic heterocycles. The molecule has 136 valence electrons. The van der Waals surface area contributed by atoms with E-state index in [9.17, 15) is 15.0 Å². The standard InChI is InChI=1S/C18H35NO4/c1-5-8-15(14(4)20)18(22)13(3)9-7-10-16(19)17(21)12-23-11-6-2/h5,8,13-16,18,20,22H,6-7,9-12,19H2,1-4H3/t13?,14-,15?,16+,18?/m1/s1. The number of hydrogen-bond donors (Lipinski definition) is 3. The fourth-order valence-corrected chi connectivity index (χ4v) is 2.58. The maximum atomic E-state index is 11.8. The Labute approximate surface area is 140 Å². The van der Waals surface area contributed by atoms with Crippen LogP contribution in [0, 0.1) is 11.8 Å². The first-order valence-electron chi connectivity index (χ1n) is 8.70. The fraction of sp³-hybridized carbons (Fsp3) is 0.833. The predicted molar refractivity (Wildman–Crippen MR) is 93.1 cm³/mol. The summed E-state index contributed by atoms with van der Waals surface area (Å²) < 4.78 is 5.21. The molecule has 0 heterocycles. The van der Waals surface area contributed by atoms with Crippen LogP contribution >= 0.6 is 0 Å². The minimum atomic E-state index is -0.606. The molecular formula is C18H35NO4. The zero-order chi connectivity index (χ0) is 17.8. The van der Waals surface area contributed by atoms with E-state index in [1.54, 1.807) is 6.92 Å². The van der Waals surface area contributed by atoms with Crippen LogP contribution in [0.4, 0.5) is 0 Å². The fourth-order valence-electron chi connectivity index (χ4n) is 2.58. The molecule has 0 aromatic carbocycles. The summed E-state index contributed by atoms with van der Waals surface area (Å²) in [5.74, 6) is -0.306. The van der Waals surface area contributed by atoms with E-state index in [4.69, 9.17) is 10.5 Å². The lowest BCUT2D eigenvalue weighted by Gasteiger charge is -2.28. The highest BCUT2D eigenvalue weighted by Crippen LogP contribution is 2.23. The van der Waals surface area contributed by atoms with E-state index in [1.165, 1.54) is 0 Å². The highest BCUT2D eigenvalue weighted by Gasteiger charge is 2.26. The van der Waals surface area contributed by atoms with Gasteiger partial charge in [0.1, 0.15) is 6.61 Å². The summed E-state index contributed by atoms with van der Waals surface area (Å²) in [6, 6.07) is -0.501. The van der Waals surface area contributed by atoms with Gasteiger partial charge >= 0.3 is 0 Å². The van der Waals surface area contributed by atoms with Crippen LogP contribution in [-0.2, 0) is 9.53 Å². The van der Waals surface area contributed by atoms with Crippen molar-refractivity contribution >= 4 is 5.78 Å². The van der Waals surface area contributed by atoms with Crippen LogP contribution in [0.2, 0.25) is 0 Å². The van der Waals surface area contributed by atoms with Crippen LogP contribution in [0.25, 0.3) is 0 Å². The van der Waals surface area contributed by atoms with Gasteiger partial charge in [0.25, 0.3) is 0 Å². The van der Waals surface area contributed by atoms with Crippen LogP contribution in [0.1, 0.15) is 53.4 Å². The number of nitrogens with two attached hydrogens (primary N) is 1. The van der Waals surface area contributed by atoms with Crippen molar-refractivity contribution in [1.29, 1.82) is 0 Å². The van der Waals surface area contributed by atoms with E-state index in [-0.39, 0.29) is 24.2 Å². The van der Waals surface area contributed by atoms with Gasteiger partial charge in [0, 0.05) is 12.5 Å². The van der Waals surface area contributed by atoms with Crippen molar-refractivity contribution in [3.05, 3.63) is 12.2 Å². The maximum Gasteiger partial charge on any atom is 0.175 e. The van der Waals surface area contributed by atoms with Crippen LogP contribution in [0.3, 0.4) is 0 Å². The van der Waals surface area contributed by atoms with Gasteiger partial charge in [0.05, 0.1) is 18.2 Å². The van der Waals surface area contributed by atoms with Crippen molar-refractivity contribution in [1.82, 2.24) is 0 Å². The average Bonchev–Trinajstić information content (AvgIpc) is 2.51. The summed E-state index contributed by atoms with van der Waals surface area (Å²) in [5, 5.41) is 20.1. The molecule has 0 bridgehead atoms. The number of ether oxygens (including phenoxy) is 1. The molecule has 4 N–H and O–H groups in total. The molecule has 0 fully saturated rings. The molecule has 0 amide bonds. The molecule has 0 rings (SSSR count). The average molecular weight is 329 g/mol. The van der Waals surface area contributed by atoms with E-state index in [0.717, 1.165) is 19.3 Å². The van der Waals surface area contributed by atoms with E-state index in [1.807, 2.05) is 32.9 Å². The Morgan fingerprint density at radius 2 is 1.91 bits per heavy atom. The summed E-state index contributed by atoms with van der Waals surface area (Å²) in [6.45, 7) is 8.17. The van der Waals surface area contributed by atoms with Crippen molar-refractivity contribution in [2.45, 2.75) is 71.6 Å². The number of Topliss-reactive ketones (excluding diaryl/α,β-unsaturated/α-hetero) is 1. The lowest BCUT2D eigenvalue weighted by atomic mass is 9.85. The van der Waals surface area contributed by atoms with Gasteiger partial charge in [-0.05, 0) is 39.0 Å². The molecule has 0 aliphatic rings. The van der Waals surface area contributed by atoms with Crippen LogP contribution in [0.15, 0.2) is 12.2 Å². The first-order valence-corrected chi connectivity index (χ1v) is 8.70. The van der Waals surface area contributed by atoms with Gasteiger partial charge < -0.3 is 20.7 Å². The summed E-state index contributed by atoms with van der Waals surface area (Å²) in [4.78, 5) is 11.8. The molecule has 3 unspecified atom stereocenters. The van der Waals surface area contributed by atoms with Crippen molar-refractivity contribution < 1.29 is 19.7 Å². The molecule has 5 heteroatoms. The minimum Gasteiger partial charge on any atom is -0.393 e. The molecule has 0 aliphatic heterocycles.